The van der Waals surface area contributed by atoms with Crippen LogP contribution in [0.2, 0.25) is 0 Å². The maximum atomic E-state index is 5.62. The first-order valence-corrected chi connectivity index (χ1v) is 9.15. The summed E-state index contributed by atoms with van der Waals surface area (Å²) >= 11 is 0. The molecular formula is C20H30N4. The zero-order valence-electron chi connectivity index (χ0n) is 15.1. The summed E-state index contributed by atoms with van der Waals surface area (Å²) in [5, 5.41) is 0. The van der Waals surface area contributed by atoms with E-state index in [1.165, 1.54) is 49.0 Å². The van der Waals surface area contributed by atoms with Gasteiger partial charge in [0, 0.05) is 23.7 Å². The van der Waals surface area contributed by atoms with E-state index in [-0.39, 0.29) is 0 Å². The second-order valence-electron chi connectivity index (χ2n) is 6.63. The van der Waals surface area contributed by atoms with E-state index in [0.717, 1.165) is 36.9 Å². The van der Waals surface area contributed by atoms with Crippen molar-refractivity contribution in [2.45, 2.75) is 71.6 Å². The predicted molar refractivity (Wildman–Crippen MR) is 103 cm³/mol. The van der Waals surface area contributed by atoms with Crippen LogP contribution in [-0.2, 0) is 0 Å². The first-order valence-electron chi connectivity index (χ1n) is 9.15. The highest BCUT2D eigenvalue weighted by Crippen LogP contribution is 2.36. The summed E-state index contributed by atoms with van der Waals surface area (Å²) in [6.45, 7) is 8.58. The van der Waals surface area contributed by atoms with Crippen molar-refractivity contribution in [1.82, 2.24) is 9.97 Å². The van der Waals surface area contributed by atoms with E-state index in [1.807, 2.05) is 0 Å². The van der Waals surface area contributed by atoms with Crippen molar-refractivity contribution in [1.29, 1.82) is 0 Å². The number of rotatable bonds is 8. The lowest BCUT2D eigenvalue weighted by Crippen LogP contribution is -1.99. The molecule has 0 bridgehead atoms. The van der Waals surface area contributed by atoms with Gasteiger partial charge in [0.1, 0.15) is 0 Å². The quantitative estimate of drug-likeness (QED) is 0.518. The van der Waals surface area contributed by atoms with E-state index in [1.54, 1.807) is 12.4 Å². The molecular weight excluding hydrogens is 296 g/mol. The molecule has 0 unspecified atom stereocenters. The van der Waals surface area contributed by atoms with Gasteiger partial charge in [-0.2, -0.15) is 0 Å². The summed E-state index contributed by atoms with van der Waals surface area (Å²) in [7, 11) is 0. The molecule has 4 nitrogen and oxygen atoms in total. The molecule has 1 aliphatic rings. The van der Waals surface area contributed by atoms with Crippen molar-refractivity contribution in [2.24, 2.45) is 4.99 Å². The van der Waals surface area contributed by atoms with Crippen LogP contribution in [0.4, 0.5) is 5.95 Å². The van der Waals surface area contributed by atoms with Gasteiger partial charge in [-0.3, -0.25) is 4.99 Å². The Morgan fingerprint density at radius 3 is 2.50 bits per heavy atom. The lowest BCUT2D eigenvalue weighted by atomic mass is 10.0. The van der Waals surface area contributed by atoms with Crippen LogP contribution in [0, 0.1) is 0 Å². The number of nitrogens with two attached hydrogens (primary N) is 1. The molecule has 130 valence electrons. The van der Waals surface area contributed by atoms with Crippen molar-refractivity contribution in [2.75, 3.05) is 5.73 Å². The fraction of sp³-hybridized carbons (Fsp3) is 0.550. The van der Waals surface area contributed by atoms with E-state index >= 15 is 0 Å². The van der Waals surface area contributed by atoms with E-state index in [4.69, 9.17) is 10.7 Å². The van der Waals surface area contributed by atoms with Crippen LogP contribution in [0.15, 0.2) is 35.1 Å². The van der Waals surface area contributed by atoms with Crippen LogP contribution in [0.25, 0.3) is 5.70 Å². The normalized spacial score (nSPS) is 17.4. The molecule has 1 aliphatic carbocycles. The van der Waals surface area contributed by atoms with E-state index in [0.29, 0.717) is 5.95 Å². The standard InChI is InChI=1S/C20H30N4/c1-4-5-6-7-8-11-16(3)24-19(18-12-9-10-15(18)2)17-13-22-20(21)23-14-17/h13-14H,2,4-12H2,1,3H3,(H2,21,22,23)/b19-18-,24-16?. The molecule has 1 aromatic heterocycles. The third kappa shape index (κ3) is 5.29. The number of unbranched alkanes of at least 4 members (excludes halogenated alkanes) is 4. The average Bonchev–Trinajstić information content (AvgIpc) is 2.99. The third-order valence-corrected chi connectivity index (χ3v) is 4.51. The van der Waals surface area contributed by atoms with Gasteiger partial charge < -0.3 is 5.73 Å². The first-order chi connectivity index (χ1) is 11.6. The van der Waals surface area contributed by atoms with Gasteiger partial charge in [-0.05, 0) is 50.2 Å². The lowest BCUT2D eigenvalue weighted by Gasteiger charge is -2.10. The molecule has 2 rings (SSSR count). The average molecular weight is 326 g/mol. The van der Waals surface area contributed by atoms with Gasteiger partial charge in [0.2, 0.25) is 5.95 Å². The Morgan fingerprint density at radius 1 is 1.17 bits per heavy atom. The molecule has 1 saturated carbocycles. The molecule has 1 fully saturated rings. The first kappa shape index (κ1) is 18.4. The minimum absolute atomic E-state index is 0.296. The Morgan fingerprint density at radius 2 is 1.88 bits per heavy atom. The minimum Gasteiger partial charge on any atom is -0.368 e. The molecule has 1 aromatic rings. The van der Waals surface area contributed by atoms with Gasteiger partial charge in [-0.1, -0.05) is 39.2 Å². The minimum atomic E-state index is 0.296. The van der Waals surface area contributed by atoms with Crippen molar-refractivity contribution in [3.05, 3.63) is 35.7 Å². The Bertz CT molecular complexity index is 611. The molecule has 0 saturated heterocycles. The number of allylic oxidation sites excluding steroid dienone is 2. The summed E-state index contributed by atoms with van der Waals surface area (Å²) in [6, 6.07) is 0. The van der Waals surface area contributed by atoms with Crippen LogP contribution < -0.4 is 5.73 Å². The zero-order chi connectivity index (χ0) is 17.4. The summed E-state index contributed by atoms with van der Waals surface area (Å²) < 4.78 is 0. The van der Waals surface area contributed by atoms with Gasteiger partial charge in [-0.15, -0.1) is 0 Å². The predicted octanol–water partition coefficient (Wildman–Crippen LogP) is 5.33. The highest BCUT2D eigenvalue weighted by molar-refractivity contribution is 5.89. The number of hydrogen-bond donors (Lipinski definition) is 1. The van der Waals surface area contributed by atoms with Gasteiger partial charge in [0.05, 0.1) is 5.70 Å². The smallest absolute Gasteiger partial charge is 0.219 e. The van der Waals surface area contributed by atoms with Gasteiger partial charge in [0.15, 0.2) is 0 Å². The fourth-order valence-electron chi connectivity index (χ4n) is 3.09. The lowest BCUT2D eigenvalue weighted by molar-refractivity contribution is 0.643. The summed E-state index contributed by atoms with van der Waals surface area (Å²) in [4.78, 5) is 13.2. The number of aliphatic imine (C=N–C) groups is 1. The van der Waals surface area contributed by atoms with Crippen molar-refractivity contribution >= 4 is 17.4 Å². The number of aromatic nitrogens is 2. The van der Waals surface area contributed by atoms with Gasteiger partial charge in [-0.25, -0.2) is 9.97 Å². The van der Waals surface area contributed by atoms with Crippen molar-refractivity contribution in [3.8, 4) is 0 Å². The molecule has 0 spiro atoms. The Hall–Kier alpha value is -1.97. The topological polar surface area (TPSA) is 64.2 Å². The molecule has 4 heteroatoms. The van der Waals surface area contributed by atoms with Crippen LogP contribution in [0.5, 0.6) is 0 Å². The molecule has 2 N–H and O–H groups in total. The van der Waals surface area contributed by atoms with Crippen LogP contribution in [-0.4, -0.2) is 15.7 Å². The molecule has 0 aliphatic heterocycles. The highest BCUT2D eigenvalue weighted by Gasteiger charge is 2.18. The second kappa shape index (κ2) is 9.36. The number of hydrogen-bond acceptors (Lipinski definition) is 4. The van der Waals surface area contributed by atoms with Crippen LogP contribution in [0.1, 0.15) is 77.2 Å². The summed E-state index contributed by atoms with van der Waals surface area (Å²) in [5.41, 5.74) is 11.2. The second-order valence-corrected chi connectivity index (χ2v) is 6.63. The molecule has 0 amide bonds. The monoisotopic (exact) mass is 326 g/mol. The SMILES string of the molecule is C=C1CCC/C1=C(/N=C(C)CCCCCCC)c1cnc(N)nc1. The van der Waals surface area contributed by atoms with E-state index in [2.05, 4.69) is 30.4 Å². The number of nitrogen functional groups attached to an aromatic ring is 1. The van der Waals surface area contributed by atoms with Crippen LogP contribution >= 0.6 is 0 Å². The van der Waals surface area contributed by atoms with Gasteiger partial charge >= 0.3 is 0 Å². The van der Waals surface area contributed by atoms with E-state index < -0.39 is 0 Å². The van der Waals surface area contributed by atoms with Crippen molar-refractivity contribution in [3.63, 3.8) is 0 Å². The molecule has 24 heavy (non-hydrogen) atoms. The maximum absolute atomic E-state index is 5.62. The highest BCUT2D eigenvalue weighted by atomic mass is 15.0. The largest absolute Gasteiger partial charge is 0.368 e. The molecule has 0 radical (unpaired) electrons. The molecule has 0 aromatic carbocycles. The van der Waals surface area contributed by atoms with Crippen molar-refractivity contribution < 1.29 is 0 Å². The zero-order valence-corrected chi connectivity index (χ0v) is 15.1. The van der Waals surface area contributed by atoms with Crippen LogP contribution in [0.3, 0.4) is 0 Å². The summed E-state index contributed by atoms with van der Waals surface area (Å²) in [5.74, 6) is 0.296. The van der Waals surface area contributed by atoms with E-state index in [9.17, 15) is 0 Å². The Labute approximate surface area is 146 Å². The Kier molecular flexibility index (Phi) is 7.16. The number of anilines is 1. The maximum Gasteiger partial charge on any atom is 0.219 e. The fourth-order valence-corrected chi connectivity index (χ4v) is 3.09. The summed E-state index contributed by atoms with van der Waals surface area (Å²) in [6.07, 6.45) is 14.2. The molecule has 0 atom stereocenters. The van der Waals surface area contributed by atoms with Gasteiger partial charge in [0.25, 0.3) is 0 Å². The third-order valence-electron chi connectivity index (χ3n) is 4.51. The number of nitrogens with zero attached hydrogens (tertiary/aromatic N) is 3. The molecule has 1 heterocycles. The Balaban J connectivity index is 2.16.